The average Bonchev–Trinajstić information content (AvgIpc) is 2.41. The fraction of sp³-hybridized carbons (Fsp3) is 0.267. The third kappa shape index (κ3) is 3.28. The normalized spacial score (nSPS) is 16.8. The molecule has 1 aromatic carbocycles. The van der Waals surface area contributed by atoms with Gasteiger partial charge in [0, 0.05) is 13.8 Å². The third-order valence-corrected chi connectivity index (χ3v) is 2.76. The van der Waals surface area contributed by atoms with Crippen molar-refractivity contribution in [3.63, 3.8) is 0 Å². The molecule has 1 saturated heterocycles. The molecule has 0 radical (unpaired) electrons. The van der Waals surface area contributed by atoms with Gasteiger partial charge in [-0.15, -0.1) is 0 Å². The quantitative estimate of drug-likeness (QED) is 0.468. The Labute approximate surface area is 121 Å². The summed E-state index contributed by atoms with van der Waals surface area (Å²) in [5.41, 5.74) is 0.737. The zero-order valence-corrected chi connectivity index (χ0v) is 11.8. The van der Waals surface area contributed by atoms with E-state index in [9.17, 15) is 14.4 Å². The number of benzene rings is 1. The number of hydrogen-bond acceptors (Lipinski definition) is 6. The minimum Gasteiger partial charge on any atom is -0.465 e. The van der Waals surface area contributed by atoms with Crippen molar-refractivity contribution in [2.24, 2.45) is 0 Å². The molecule has 6 heteroatoms. The molecule has 0 spiro atoms. The van der Waals surface area contributed by atoms with Crippen LogP contribution >= 0.6 is 0 Å². The van der Waals surface area contributed by atoms with Crippen LogP contribution in [0.2, 0.25) is 0 Å². The molecule has 110 valence electrons. The van der Waals surface area contributed by atoms with E-state index in [-0.39, 0.29) is 5.57 Å². The molecule has 0 saturated carbocycles. The highest BCUT2D eigenvalue weighted by molar-refractivity contribution is 6.18. The van der Waals surface area contributed by atoms with Crippen molar-refractivity contribution >= 4 is 24.0 Å². The van der Waals surface area contributed by atoms with Crippen LogP contribution in [-0.4, -0.2) is 30.8 Å². The molecule has 0 unspecified atom stereocenters. The Balaban J connectivity index is 2.25. The second-order valence-corrected chi connectivity index (χ2v) is 4.85. The van der Waals surface area contributed by atoms with Crippen molar-refractivity contribution in [1.29, 1.82) is 0 Å². The Bertz CT molecular complexity index is 602. The number of carbonyl (C=O) groups is 3. The molecule has 0 amide bonds. The van der Waals surface area contributed by atoms with Crippen LogP contribution in [0.1, 0.15) is 29.8 Å². The van der Waals surface area contributed by atoms with E-state index < -0.39 is 23.7 Å². The van der Waals surface area contributed by atoms with Crippen LogP contribution in [0.25, 0.3) is 6.08 Å². The summed E-state index contributed by atoms with van der Waals surface area (Å²) < 4.78 is 14.5. The van der Waals surface area contributed by atoms with Gasteiger partial charge in [0.1, 0.15) is 5.57 Å². The zero-order chi connectivity index (χ0) is 15.6. The zero-order valence-electron chi connectivity index (χ0n) is 11.8. The SMILES string of the molecule is COC(=O)c1ccc(C=C2C(=O)OC(C)(C)OC2=O)cc1. The van der Waals surface area contributed by atoms with Crippen molar-refractivity contribution in [2.45, 2.75) is 19.6 Å². The lowest BCUT2D eigenvalue weighted by atomic mass is 10.1. The molecule has 0 aromatic heterocycles. The number of esters is 3. The number of rotatable bonds is 2. The lowest BCUT2D eigenvalue weighted by molar-refractivity contribution is -0.222. The van der Waals surface area contributed by atoms with Gasteiger partial charge in [-0.1, -0.05) is 12.1 Å². The van der Waals surface area contributed by atoms with Gasteiger partial charge in [0.15, 0.2) is 0 Å². The summed E-state index contributed by atoms with van der Waals surface area (Å²) in [6, 6.07) is 6.22. The minimum absolute atomic E-state index is 0.194. The molecule has 1 aromatic rings. The average molecular weight is 290 g/mol. The first-order chi connectivity index (χ1) is 9.82. The van der Waals surface area contributed by atoms with Crippen LogP contribution in [0.15, 0.2) is 29.8 Å². The van der Waals surface area contributed by atoms with Gasteiger partial charge in [-0.2, -0.15) is 0 Å². The van der Waals surface area contributed by atoms with Gasteiger partial charge in [-0.05, 0) is 23.8 Å². The molecular formula is C15H14O6. The number of carbonyl (C=O) groups excluding carboxylic acids is 3. The van der Waals surface area contributed by atoms with E-state index >= 15 is 0 Å². The molecule has 2 rings (SSSR count). The molecule has 1 heterocycles. The fourth-order valence-corrected chi connectivity index (χ4v) is 1.78. The summed E-state index contributed by atoms with van der Waals surface area (Å²) in [4.78, 5) is 34.9. The predicted octanol–water partition coefficient (Wildman–Crippen LogP) is 1.69. The summed E-state index contributed by atoms with van der Waals surface area (Å²) in [6.07, 6.45) is 1.35. The second kappa shape index (κ2) is 5.40. The van der Waals surface area contributed by atoms with E-state index in [4.69, 9.17) is 9.47 Å². The summed E-state index contributed by atoms with van der Waals surface area (Å²) >= 11 is 0. The highest BCUT2D eigenvalue weighted by atomic mass is 16.7. The number of cyclic esters (lactones) is 2. The maximum Gasteiger partial charge on any atom is 0.348 e. The summed E-state index contributed by atoms with van der Waals surface area (Å²) in [5.74, 6) is -3.21. The molecule has 0 bridgehead atoms. The van der Waals surface area contributed by atoms with Crippen LogP contribution in [0, 0.1) is 0 Å². The van der Waals surface area contributed by atoms with Crippen LogP contribution in [0.4, 0.5) is 0 Å². The maximum absolute atomic E-state index is 11.8. The van der Waals surface area contributed by atoms with Crippen LogP contribution in [0.5, 0.6) is 0 Å². The van der Waals surface area contributed by atoms with Gasteiger partial charge < -0.3 is 14.2 Å². The summed E-state index contributed by atoms with van der Waals surface area (Å²) in [6.45, 7) is 2.95. The smallest absolute Gasteiger partial charge is 0.348 e. The number of methoxy groups -OCH3 is 1. The summed E-state index contributed by atoms with van der Waals surface area (Å²) in [7, 11) is 1.29. The molecule has 1 aliphatic heterocycles. The monoisotopic (exact) mass is 290 g/mol. The molecule has 0 N–H and O–H groups in total. The molecule has 6 nitrogen and oxygen atoms in total. The minimum atomic E-state index is -1.26. The predicted molar refractivity (Wildman–Crippen MR) is 72.0 cm³/mol. The Morgan fingerprint density at radius 3 is 2.10 bits per heavy atom. The Morgan fingerprint density at radius 2 is 1.62 bits per heavy atom. The first kappa shape index (κ1) is 14.8. The Hall–Kier alpha value is -2.63. The maximum atomic E-state index is 11.8. The second-order valence-electron chi connectivity index (χ2n) is 4.85. The highest BCUT2D eigenvalue weighted by Crippen LogP contribution is 2.24. The van der Waals surface area contributed by atoms with Crippen LogP contribution in [0.3, 0.4) is 0 Å². The van der Waals surface area contributed by atoms with Crippen LogP contribution in [-0.2, 0) is 23.8 Å². The van der Waals surface area contributed by atoms with E-state index in [0.29, 0.717) is 11.1 Å². The molecule has 1 aliphatic rings. The Morgan fingerprint density at radius 1 is 1.10 bits per heavy atom. The summed E-state index contributed by atoms with van der Waals surface area (Å²) in [5, 5.41) is 0. The first-order valence-electron chi connectivity index (χ1n) is 6.19. The lowest BCUT2D eigenvalue weighted by Crippen LogP contribution is -2.41. The van der Waals surface area contributed by atoms with Gasteiger partial charge in [0.25, 0.3) is 5.79 Å². The highest BCUT2D eigenvalue weighted by Gasteiger charge is 2.38. The van der Waals surface area contributed by atoms with E-state index in [2.05, 4.69) is 4.74 Å². The van der Waals surface area contributed by atoms with Crippen LogP contribution < -0.4 is 0 Å². The van der Waals surface area contributed by atoms with Gasteiger partial charge in [-0.25, -0.2) is 14.4 Å². The number of hydrogen-bond donors (Lipinski definition) is 0. The first-order valence-corrected chi connectivity index (χ1v) is 6.19. The molecule has 0 atom stereocenters. The van der Waals surface area contributed by atoms with E-state index in [1.54, 1.807) is 12.1 Å². The topological polar surface area (TPSA) is 78.9 Å². The fourth-order valence-electron chi connectivity index (χ4n) is 1.78. The van der Waals surface area contributed by atoms with Crippen molar-refractivity contribution in [3.8, 4) is 0 Å². The standard InChI is InChI=1S/C15H14O6/c1-15(2)20-13(17)11(14(18)21-15)8-9-4-6-10(7-5-9)12(16)19-3/h4-8H,1-3H3. The van der Waals surface area contributed by atoms with Crippen molar-refractivity contribution in [1.82, 2.24) is 0 Å². The van der Waals surface area contributed by atoms with Gasteiger partial charge >= 0.3 is 17.9 Å². The molecular weight excluding hydrogens is 276 g/mol. The van der Waals surface area contributed by atoms with E-state index in [1.807, 2.05) is 0 Å². The van der Waals surface area contributed by atoms with Crippen molar-refractivity contribution in [3.05, 3.63) is 41.0 Å². The molecule has 0 aliphatic carbocycles. The van der Waals surface area contributed by atoms with Crippen molar-refractivity contribution in [2.75, 3.05) is 7.11 Å². The van der Waals surface area contributed by atoms with Crippen molar-refractivity contribution < 1.29 is 28.6 Å². The third-order valence-electron chi connectivity index (χ3n) is 2.76. The number of ether oxygens (including phenoxy) is 3. The Kier molecular flexibility index (Phi) is 3.80. The van der Waals surface area contributed by atoms with Gasteiger partial charge in [-0.3, -0.25) is 0 Å². The van der Waals surface area contributed by atoms with Gasteiger partial charge in [0.2, 0.25) is 0 Å². The van der Waals surface area contributed by atoms with E-state index in [0.717, 1.165) is 0 Å². The lowest BCUT2D eigenvalue weighted by Gasteiger charge is -2.29. The van der Waals surface area contributed by atoms with E-state index in [1.165, 1.54) is 39.2 Å². The largest absolute Gasteiger partial charge is 0.465 e. The molecule has 1 fully saturated rings. The molecule has 21 heavy (non-hydrogen) atoms. The van der Waals surface area contributed by atoms with Gasteiger partial charge in [0.05, 0.1) is 12.7 Å².